The lowest BCUT2D eigenvalue weighted by molar-refractivity contribution is -0.151. The Bertz CT molecular complexity index is 1370. The van der Waals surface area contributed by atoms with E-state index >= 15 is 0 Å². The van der Waals surface area contributed by atoms with Crippen LogP contribution < -0.4 is 5.32 Å². The van der Waals surface area contributed by atoms with Crippen LogP contribution in [-0.4, -0.2) is 41.2 Å². The van der Waals surface area contributed by atoms with Gasteiger partial charge in [-0.25, -0.2) is 4.79 Å². The highest BCUT2D eigenvalue weighted by atomic mass is 35.5. The summed E-state index contributed by atoms with van der Waals surface area (Å²) in [4.78, 5) is 52.9. The maximum atomic E-state index is 13.3. The molecule has 0 bridgehead atoms. The van der Waals surface area contributed by atoms with Gasteiger partial charge in [-0.05, 0) is 29.8 Å². The number of carbonyl (C=O) groups excluding carboxylic acids is 4. The summed E-state index contributed by atoms with van der Waals surface area (Å²) < 4.78 is 5.21. The fourth-order valence-corrected chi connectivity index (χ4v) is 4.87. The number of amides is 3. The summed E-state index contributed by atoms with van der Waals surface area (Å²) in [6.07, 6.45) is -0.0966. The van der Waals surface area contributed by atoms with Crippen molar-refractivity contribution in [2.24, 2.45) is 0 Å². The van der Waals surface area contributed by atoms with Crippen molar-refractivity contribution >= 4 is 87.4 Å². The molecule has 0 fully saturated rings. The molecule has 1 aliphatic rings. The number of nitrogens with one attached hydrogen (secondary N) is 1. The van der Waals surface area contributed by atoms with Crippen LogP contribution in [0.1, 0.15) is 26.3 Å². The van der Waals surface area contributed by atoms with Crippen LogP contribution in [0, 0.1) is 0 Å². The lowest BCUT2D eigenvalue weighted by Gasteiger charge is -2.24. The zero-order chi connectivity index (χ0) is 26.9. The predicted molar refractivity (Wildman–Crippen MR) is 142 cm³/mol. The number of anilines is 1. The first-order chi connectivity index (χ1) is 17.6. The lowest BCUT2D eigenvalue weighted by atomic mass is 10.0. The van der Waals surface area contributed by atoms with Gasteiger partial charge in [0.1, 0.15) is 6.04 Å². The Kier molecular flexibility index (Phi) is 8.31. The average molecular weight is 601 g/mol. The van der Waals surface area contributed by atoms with Crippen LogP contribution in [0.5, 0.6) is 0 Å². The normalized spacial score (nSPS) is 13.4. The molecule has 0 saturated carbocycles. The smallest absolute Gasteiger partial charge is 0.330 e. The zero-order valence-corrected chi connectivity index (χ0v) is 22.3. The monoisotopic (exact) mass is 598 g/mol. The second-order valence-electron chi connectivity index (χ2n) is 7.85. The molecule has 3 amide bonds. The highest BCUT2D eigenvalue weighted by Gasteiger charge is 2.47. The molecule has 0 radical (unpaired) electrons. The van der Waals surface area contributed by atoms with Gasteiger partial charge < -0.3 is 10.1 Å². The molecule has 1 aliphatic heterocycles. The third-order valence-electron chi connectivity index (χ3n) is 5.46. The SMILES string of the molecule is O=C(COC(=O)[C@@H](Cc1ccccc1)N1C(=O)c2c(Cl)c(Cl)c(Cl)c(Cl)c2C1=O)Nc1ccc(Cl)cc1. The first kappa shape index (κ1) is 27.2. The molecule has 1 atom stereocenters. The van der Waals surface area contributed by atoms with Gasteiger partial charge >= 0.3 is 5.97 Å². The van der Waals surface area contributed by atoms with Crippen LogP contribution >= 0.6 is 58.0 Å². The third kappa shape index (κ3) is 5.56. The number of rotatable bonds is 7. The first-order valence-corrected chi connectivity index (χ1v) is 12.5. The van der Waals surface area contributed by atoms with Gasteiger partial charge in [-0.3, -0.25) is 19.3 Å². The van der Waals surface area contributed by atoms with Crippen LogP contribution in [0.3, 0.4) is 0 Å². The number of halogens is 5. The maximum Gasteiger partial charge on any atom is 0.330 e. The van der Waals surface area contributed by atoms with Crippen LogP contribution in [0.15, 0.2) is 54.6 Å². The van der Waals surface area contributed by atoms with Crippen molar-refractivity contribution in [3.8, 4) is 0 Å². The van der Waals surface area contributed by atoms with Gasteiger partial charge in [0.15, 0.2) is 6.61 Å². The van der Waals surface area contributed by atoms with Crippen molar-refractivity contribution in [3.63, 3.8) is 0 Å². The van der Waals surface area contributed by atoms with E-state index in [1.807, 2.05) is 0 Å². The molecule has 3 aromatic rings. The summed E-state index contributed by atoms with van der Waals surface area (Å²) >= 11 is 30.5. The van der Waals surface area contributed by atoms with Gasteiger partial charge in [0, 0.05) is 17.1 Å². The molecule has 0 aliphatic carbocycles. The van der Waals surface area contributed by atoms with Crippen LogP contribution in [-0.2, 0) is 20.7 Å². The molecule has 12 heteroatoms. The minimum Gasteiger partial charge on any atom is -0.454 e. The Morgan fingerprint density at radius 2 is 1.32 bits per heavy atom. The van der Waals surface area contributed by atoms with E-state index < -0.39 is 36.3 Å². The van der Waals surface area contributed by atoms with Crippen molar-refractivity contribution in [2.75, 3.05) is 11.9 Å². The molecular formula is C25H15Cl5N2O5. The summed E-state index contributed by atoms with van der Waals surface area (Å²) in [5.74, 6) is -3.42. The number of fused-ring (bicyclic) bond motifs is 1. The van der Waals surface area contributed by atoms with E-state index in [0.29, 0.717) is 21.2 Å². The topological polar surface area (TPSA) is 92.8 Å². The minimum atomic E-state index is -1.44. The van der Waals surface area contributed by atoms with Crippen molar-refractivity contribution in [2.45, 2.75) is 12.5 Å². The van der Waals surface area contributed by atoms with Gasteiger partial charge in [0.05, 0.1) is 31.2 Å². The highest BCUT2D eigenvalue weighted by Crippen LogP contribution is 2.45. The molecule has 37 heavy (non-hydrogen) atoms. The van der Waals surface area contributed by atoms with E-state index in [4.69, 9.17) is 62.7 Å². The van der Waals surface area contributed by atoms with E-state index in [9.17, 15) is 19.2 Å². The van der Waals surface area contributed by atoms with Gasteiger partial charge in [-0.1, -0.05) is 88.3 Å². The number of carbonyl (C=O) groups is 4. The molecule has 0 saturated heterocycles. The molecule has 0 aromatic heterocycles. The number of hydrogen-bond donors (Lipinski definition) is 1. The molecule has 4 rings (SSSR count). The number of esters is 1. The molecule has 1 heterocycles. The van der Waals surface area contributed by atoms with Gasteiger partial charge in [0.2, 0.25) is 0 Å². The van der Waals surface area contributed by atoms with Gasteiger partial charge in [0.25, 0.3) is 17.7 Å². The van der Waals surface area contributed by atoms with Crippen molar-refractivity contribution < 1.29 is 23.9 Å². The van der Waals surface area contributed by atoms with E-state index in [-0.39, 0.29) is 37.6 Å². The highest BCUT2D eigenvalue weighted by molar-refractivity contribution is 6.55. The molecule has 1 N–H and O–H groups in total. The number of benzene rings is 3. The number of nitrogens with zero attached hydrogens (tertiary/aromatic N) is 1. The van der Waals surface area contributed by atoms with Crippen LogP contribution in [0.4, 0.5) is 5.69 Å². The summed E-state index contributed by atoms with van der Waals surface area (Å²) in [7, 11) is 0. The maximum absolute atomic E-state index is 13.3. The summed E-state index contributed by atoms with van der Waals surface area (Å²) in [5.41, 5.74) is 0.527. The Hall–Kier alpha value is -2.81. The van der Waals surface area contributed by atoms with Crippen molar-refractivity contribution in [3.05, 3.63) is 96.4 Å². The third-order valence-corrected chi connectivity index (χ3v) is 7.52. The van der Waals surface area contributed by atoms with E-state index in [1.54, 1.807) is 54.6 Å². The van der Waals surface area contributed by atoms with E-state index in [2.05, 4.69) is 5.32 Å². The Labute approximate surface area is 236 Å². The summed E-state index contributed by atoms with van der Waals surface area (Å²) in [5, 5.41) is 2.12. The second kappa shape index (κ2) is 11.3. The molecule has 190 valence electrons. The lowest BCUT2D eigenvalue weighted by Crippen LogP contribution is -2.47. The van der Waals surface area contributed by atoms with Crippen LogP contribution in [0.2, 0.25) is 25.1 Å². The van der Waals surface area contributed by atoms with Crippen molar-refractivity contribution in [1.82, 2.24) is 4.90 Å². The molecule has 3 aromatic carbocycles. The zero-order valence-electron chi connectivity index (χ0n) is 18.6. The number of hydrogen-bond acceptors (Lipinski definition) is 5. The van der Waals surface area contributed by atoms with Crippen LogP contribution in [0.25, 0.3) is 0 Å². The summed E-state index contributed by atoms with van der Waals surface area (Å²) in [6.45, 7) is -0.672. The molecule has 0 spiro atoms. The van der Waals surface area contributed by atoms with Crippen molar-refractivity contribution in [1.29, 1.82) is 0 Å². The average Bonchev–Trinajstić information content (AvgIpc) is 3.15. The number of imide groups is 1. The summed E-state index contributed by atoms with van der Waals surface area (Å²) in [6, 6.07) is 13.5. The second-order valence-corrected chi connectivity index (χ2v) is 9.80. The molecule has 0 unspecified atom stereocenters. The van der Waals surface area contributed by atoms with Gasteiger partial charge in [-0.15, -0.1) is 0 Å². The number of ether oxygens (including phenoxy) is 1. The predicted octanol–water partition coefficient (Wildman–Crippen LogP) is 6.34. The van der Waals surface area contributed by atoms with E-state index in [0.717, 1.165) is 0 Å². The fraction of sp³-hybridized carbons (Fsp3) is 0.120. The Balaban J connectivity index is 1.60. The largest absolute Gasteiger partial charge is 0.454 e. The first-order valence-electron chi connectivity index (χ1n) is 10.6. The fourth-order valence-electron chi connectivity index (χ4n) is 3.73. The van der Waals surface area contributed by atoms with E-state index in [1.165, 1.54) is 0 Å². The molecular weight excluding hydrogens is 586 g/mol. The minimum absolute atomic E-state index is 0.0966. The Morgan fingerprint density at radius 1 is 0.784 bits per heavy atom. The van der Waals surface area contributed by atoms with Gasteiger partial charge in [-0.2, -0.15) is 0 Å². The quantitative estimate of drug-likeness (QED) is 0.148. The molecule has 7 nitrogen and oxygen atoms in total. The Morgan fingerprint density at radius 3 is 1.86 bits per heavy atom. The standard InChI is InChI=1S/C25H15Cl5N2O5/c26-13-6-8-14(9-7-13)31-16(33)11-37-25(36)15(10-12-4-2-1-3-5-12)32-23(34)17-18(24(32)35)20(28)22(30)21(29)19(17)27/h1-9,15H,10-11H2,(H,31,33)/t15-/m1/s1.